The maximum atomic E-state index is 12.4. The number of terminal acetylenes is 1. The zero-order chi connectivity index (χ0) is 25.0. The molecule has 13 heteroatoms. The standard InChI is InChI=1S/C18H27N3O5.C2HF3O2/c1-2-14(10-17(23)24)20-18(25)13-4-3-9-21(11-13)16(22)12-26-15-5-7-19-8-6-15;3-2(4,5)1(6)7/h1,13-15,19H,3-12H2,(H,20,25)(H,23,24);(H,6,7)/t13-,14-;/m1./s1. The number of nitrogens with one attached hydrogen (secondary N) is 2. The Morgan fingerprint density at radius 1 is 1.18 bits per heavy atom. The third-order valence-corrected chi connectivity index (χ3v) is 5.01. The Kier molecular flexibility index (Phi) is 11.7. The molecular weight excluding hydrogens is 451 g/mol. The zero-order valence-electron chi connectivity index (χ0n) is 17.9. The summed E-state index contributed by atoms with van der Waals surface area (Å²) in [5.74, 6) is -2.34. The molecule has 2 heterocycles. The Morgan fingerprint density at radius 2 is 1.79 bits per heavy atom. The number of alkyl halides is 3. The van der Waals surface area contributed by atoms with E-state index in [0.717, 1.165) is 32.4 Å². The first-order valence-corrected chi connectivity index (χ1v) is 10.3. The van der Waals surface area contributed by atoms with Crippen LogP contribution in [-0.2, 0) is 23.9 Å². The fourth-order valence-electron chi connectivity index (χ4n) is 3.28. The fraction of sp³-hybridized carbons (Fsp3) is 0.700. The van der Waals surface area contributed by atoms with Gasteiger partial charge < -0.3 is 30.5 Å². The van der Waals surface area contributed by atoms with Gasteiger partial charge in [0.1, 0.15) is 12.6 Å². The smallest absolute Gasteiger partial charge is 0.481 e. The van der Waals surface area contributed by atoms with Crippen LogP contribution in [0.4, 0.5) is 13.2 Å². The summed E-state index contributed by atoms with van der Waals surface area (Å²) < 4.78 is 37.4. The highest BCUT2D eigenvalue weighted by Crippen LogP contribution is 2.18. The van der Waals surface area contributed by atoms with E-state index in [1.165, 1.54) is 0 Å². The quantitative estimate of drug-likeness (QED) is 0.380. The number of halogens is 3. The lowest BCUT2D eigenvalue weighted by molar-refractivity contribution is -0.192. The average Bonchev–Trinajstić information content (AvgIpc) is 2.77. The van der Waals surface area contributed by atoms with Gasteiger partial charge in [0.15, 0.2) is 0 Å². The van der Waals surface area contributed by atoms with Gasteiger partial charge in [-0.3, -0.25) is 14.4 Å². The van der Waals surface area contributed by atoms with Gasteiger partial charge in [-0.1, -0.05) is 5.92 Å². The molecule has 0 saturated carbocycles. The van der Waals surface area contributed by atoms with E-state index >= 15 is 0 Å². The summed E-state index contributed by atoms with van der Waals surface area (Å²) in [6.07, 6.45) is 3.14. The van der Waals surface area contributed by atoms with Crippen molar-refractivity contribution >= 4 is 23.8 Å². The molecule has 186 valence electrons. The highest BCUT2D eigenvalue weighted by molar-refractivity contribution is 5.82. The number of carboxylic acid groups (broad SMARTS) is 2. The molecule has 0 aromatic heterocycles. The minimum Gasteiger partial charge on any atom is -0.481 e. The number of ether oxygens (including phenoxy) is 1. The third kappa shape index (κ3) is 11.0. The van der Waals surface area contributed by atoms with Crippen LogP contribution in [-0.4, -0.2) is 90.0 Å². The molecule has 2 aliphatic rings. The van der Waals surface area contributed by atoms with Gasteiger partial charge in [0.05, 0.1) is 18.4 Å². The highest BCUT2D eigenvalue weighted by Gasteiger charge is 2.38. The Labute approximate surface area is 188 Å². The number of piperidine rings is 2. The van der Waals surface area contributed by atoms with Gasteiger partial charge >= 0.3 is 18.1 Å². The predicted molar refractivity (Wildman–Crippen MR) is 108 cm³/mol. The summed E-state index contributed by atoms with van der Waals surface area (Å²) in [5.41, 5.74) is 0. The molecule has 2 aliphatic heterocycles. The van der Waals surface area contributed by atoms with Crippen LogP contribution in [0.25, 0.3) is 0 Å². The molecule has 0 aliphatic carbocycles. The van der Waals surface area contributed by atoms with E-state index in [1.807, 2.05) is 0 Å². The maximum absolute atomic E-state index is 12.4. The van der Waals surface area contributed by atoms with Crippen LogP contribution in [0, 0.1) is 18.3 Å². The number of carboxylic acids is 2. The van der Waals surface area contributed by atoms with Crippen molar-refractivity contribution in [3.63, 3.8) is 0 Å². The molecule has 2 saturated heterocycles. The molecule has 0 spiro atoms. The van der Waals surface area contributed by atoms with Gasteiger partial charge in [-0.05, 0) is 38.8 Å². The minimum atomic E-state index is -5.08. The second-order valence-corrected chi connectivity index (χ2v) is 7.57. The highest BCUT2D eigenvalue weighted by atomic mass is 19.4. The minimum absolute atomic E-state index is 0.0327. The second kappa shape index (κ2) is 13.6. The largest absolute Gasteiger partial charge is 0.490 e. The summed E-state index contributed by atoms with van der Waals surface area (Å²) in [5, 5.41) is 21.8. The van der Waals surface area contributed by atoms with E-state index in [-0.39, 0.29) is 36.9 Å². The number of hydrogen-bond donors (Lipinski definition) is 4. The Hall–Kier alpha value is -2.85. The lowest BCUT2D eigenvalue weighted by Gasteiger charge is -2.33. The molecule has 10 nitrogen and oxygen atoms in total. The number of carbonyl (C=O) groups is 4. The Balaban J connectivity index is 0.000000675. The lowest BCUT2D eigenvalue weighted by atomic mass is 9.96. The van der Waals surface area contributed by atoms with Gasteiger partial charge in [-0.2, -0.15) is 13.2 Å². The summed E-state index contributed by atoms with van der Waals surface area (Å²) >= 11 is 0. The number of amides is 2. The van der Waals surface area contributed by atoms with Crippen molar-refractivity contribution < 1.29 is 47.3 Å². The zero-order valence-corrected chi connectivity index (χ0v) is 17.9. The van der Waals surface area contributed by atoms with Crippen LogP contribution in [0.3, 0.4) is 0 Å². The van der Waals surface area contributed by atoms with Gasteiger partial charge in [-0.25, -0.2) is 4.79 Å². The average molecular weight is 479 g/mol. The first-order chi connectivity index (χ1) is 15.4. The SMILES string of the molecule is C#C[C@H](CC(=O)O)NC(=O)[C@@H]1CCCN(C(=O)COC2CCNCC2)C1.O=C(O)C(F)(F)F. The number of carbonyl (C=O) groups excluding carboxylic acids is 2. The molecule has 0 radical (unpaired) electrons. The van der Waals surface area contributed by atoms with Crippen molar-refractivity contribution in [3.8, 4) is 12.3 Å². The van der Waals surface area contributed by atoms with E-state index in [0.29, 0.717) is 19.5 Å². The molecule has 0 bridgehead atoms. The van der Waals surface area contributed by atoms with Gasteiger partial charge in [0.25, 0.3) is 0 Å². The van der Waals surface area contributed by atoms with Crippen LogP contribution in [0.2, 0.25) is 0 Å². The molecule has 0 aromatic rings. The van der Waals surface area contributed by atoms with E-state index in [1.54, 1.807) is 4.90 Å². The molecule has 33 heavy (non-hydrogen) atoms. The first kappa shape index (κ1) is 28.2. The first-order valence-electron chi connectivity index (χ1n) is 10.3. The maximum Gasteiger partial charge on any atom is 0.490 e. The number of aliphatic carboxylic acids is 2. The number of likely N-dealkylation sites (tertiary alicyclic amines) is 1. The van der Waals surface area contributed by atoms with Gasteiger partial charge in [0, 0.05) is 13.1 Å². The number of hydrogen-bond acceptors (Lipinski definition) is 6. The van der Waals surface area contributed by atoms with Crippen molar-refractivity contribution in [2.75, 3.05) is 32.8 Å². The second-order valence-electron chi connectivity index (χ2n) is 7.57. The predicted octanol–water partition coefficient (Wildman–Crippen LogP) is 0.220. The molecule has 2 rings (SSSR count). The van der Waals surface area contributed by atoms with E-state index in [2.05, 4.69) is 16.6 Å². The molecule has 0 aromatic carbocycles. The molecular formula is C20H28F3N3O7. The lowest BCUT2D eigenvalue weighted by Crippen LogP contribution is -2.48. The van der Waals surface area contributed by atoms with Gasteiger partial charge in [0.2, 0.25) is 11.8 Å². The van der Waals surface area contributed by atoms with Crippen molar-refractivity contribution in [3.05, 3.63) is 0 Å². The summed E-state index contributed by atoms with van der Waals surface area (Å²) in [7, 11) is 0. The van der Waals surface area contributed by atoms with Crippen LogP contribution in [0.15, 0.2) is 0 Å². The molecule has 2 atom stereocenters. The fourth-order valence-corrected chi connectivity index (χ4v) is 3.28. The van der Waals surface area contributed by atoms with Crippen LogP contribution < -0.4 is 10.6 Å². The van der Waals surface area contributed by atoms with Crippen molar-refractivity contribution in [1.82, 2.24) is 15.5 Å². The van der Waals surface area contributed by atoms with E-state index < -0.39 is 24.2 Å². The molecule has 2 fully saturated rings. The number of nitrogens with zero attached hydrogens (tertiary/aromatic N) is 1. The van der Waals surface area contributed by atoms with Crippen molar-refractivity contribution in [2.45, 2.75) is 50.4 Å². The van der Waals surface area contributed by atoms with Crippen LogP contribution in [0.5, 0.6) is 0 Å². The topological polar surface area (TPSA) is 145 Å². The Bertz CT molecular complexity index is 733. The third-order valence-electron chi connectivity index (χ3n) is 5.01. The van der Waals surface area contributed by atoms with E-state index in [9.17, 15) is 27.6 Å². The monoisotopic (exact) mass is 479 g/mol. The normalized spacial score (nSPS) is 19.9. The van der Waals surface area contributed by atoms with Crippen molar-refractivity contribution in [1.29, 1.82) is 0 Å². The van der Waals surface area contributed by atoms with Crippen molar-refractivity contribution in [2.24, 2.45) is 5.92 Å². The molecule has 0 unspecified atom stereocenters. The van der Waals surface area contributed by atoms with E-state index in [4.69, 9.17) is 26.2 Å². The summed E-state index contributed by atoms with van der Waals surface area (Å²) in [4.78, 5) is 46.0. The molecule has 2 amide bonds. The summed E-state index contributed by atoms with van der Waals surface area (Å²) in [6, 6.07) is -0.839. The van der Waals surface area contributed by atoms with Gasteiger partial charge in [-0.15, -0.1) is 6.42 Å². The van der Waals surface area contributed by atoms with Crippen LogP contribution >= 0.6 is 0 Å². The summed E-state index contributed by atoms with van der Waals surface area (Å²) in [6.45, 7) is 2.75. The van der Waals surface area contributed by atoms with Crippen LogP contribution in [0.1, 0.15) is 32.1 Å². The Morgan fingerprint density at radius 3 is 2.30 bits per heavy atom. The number of rotatable bonds is 7. The molecule has 4 N–H and O–H groups in total.